The molecule has 0 heterocycles. The minimum atomic E-state index is -0.402. The largest absolute Gasteiger partial charge is 0.469 e. The van der Waals surface area contributed by atoms with E-state index in [0.717, 1.165) is 18.4 Å². The molecular weight excluding hydrogens is 320 g/mol. The van der Waals surface area contributed by atoms with Crippen molar-refractivity contribution in [3.05, 3.63) is 33.4 Å². The van der Waals surface area contributed by atoms with E-state index in [1.807, 2.05) is 6.92 Å². The van der Waals surface area contributed by atoms with Gasteiger partial charge < -0.3 is 10.1 Å². The van der Waals surface area contributed by atoms with Crippen LogP contribution in [-0.2, 0) is 16.0 Å². The molecule has 1 aromatic rings. The summed E-state index contributed by atoms with van der Waals surface area (Å²) in [5.74, 6) is 0.181. The topological polar surface area (TPSA) is 81.5 Å². The normalized spacial score (nSPS) is 22.3. The number of carbonyl (C=O) groups is 1. The molecule has 0 aliphatic heterocycles. The van der Waals surface area contributed by atoms with Crippen LogP contribution in [0, 0.1) is 28.4 Å². The van der Waals surface area contributed by atoms with E-state index in [2.05, 4.69) is 30.8 Å². The van der Waals surface area contributed by atoms with Crippen molar-refractivity contribution in [3.63, 3.8) is 0 Å². The Morgan fingerprint density at radius 3 is 2.64 bits per heavy atom. The molecule has 1 aromatic carbocycles. The van der Waals surface area contributed by atoms with Crippen LogP contribution in [0.2, 0.25) is 0 Å². The molecule has 1 N–H and O–H groups in total. The van der Waals surface area contributed by atoms with Crippen LogP contribution in [0.25, 0.3) is 0 Å². The molecule has 25 heavy (non-hydrogen) atoms. The Bertz CT molecular complexity index is 670. The van der Waals surface area contributed by atoms with Crippen LogP contribution in [0.3, 0.4) is 0 Å². The zero-order valence-corrected chi connectivity index (χ0v) is 15.7. The van der Waals surface area contributed by atoms with Gasteiger partial charge in [0, 0.05) is 12.1 Å². The second kappa shape index (κ2) is 7.42. The van der Waals surface area contributed by atoms with Crippen LogP contribution in [0.4, 0.5) is 11.4 Å². The van der Waals surface area contributed by atoms with Crippen molar-refractivity contribution in [2.45, 2.75) is 59.4 Å². The lowest BCUT2D eigenvalue weighted by Crippen LogP contribution is -2.35. The van der Waals surface area contributed by atoms with E-state index < -0.39 is 5.97 Å². The van der Waals surface area contributed by atoms with Crippen LogP contribution < -0.4 is 5.32 Å². The number of anilines is 1. The van der Waals surface area contributed by atoms with Gasteiger partial charge in [0.25, 0.3) is 5.69 Å². The third kappa shape index (κ3) is 4.94. The third-order valence-electron chi connectivity index (χ3n) is 4.96. The van der Waals surface area contributed by atoms with Gasteiger partial charge in [-0.1, -0.05) is 20.8 Å². The maximum atomic E-state index is 11.5. The zero-order valence-electron chi connectivity index (χ0n) is 15.7. The molecule has 2 unspecified atom stereocenters. The lowest BCUT2D eigenvalue weighted by molar-refractivity contribution is -0.384. The average Bonchev–Trinajstić information content (AvgIpc) is 2.47. The molecule has 0 aromatic heterocycles. The van der Waals surface area contributed by atoms with Crippen molar-refractivity contribution in [2.24, 2.45) is 11.3 Å². The summed E-state index contributed by atoms with van der Waals surface area (Å²) >= 11 is 0. The van der Waals surface area contributed by atoms with Crippen molar-refractivity contribution in [1.82, 2.24) is 0 Å². The molecule has 1 aliphatic rings. The Hall–Kier alpha value is -2.11. The van der Waals surface area contributed by atoms with E-state index in [1.165, 1.54) is 19.6 Å². The van der Waals surface area contributed by atoms with Crippen molar-refractivity contribution >= 4 is 17.3 Å². The van der Waals surface area contributed by atoms with Crippen LogP contribution in [-0.4, -0.2) is 24.0 Å². The average molecular weight is 348 g/mol. The molecule has 1 fully saturated rings. The number of nitrogens with one attached hydrogen (secondary N) is 1. The fraction of sp³-hybridized carbons (Fsp3) is 0.632. The second-order valence-corrected chi connectivity index (χ2v) is 8.06. The number of esters is 1. The lowest BCUT2D eigenvalue weighted by atomic mass is 9.70. The van der Waals surface area contributed by atoms with Gasteiger partial charge in [0.15, 0.2) is 0 Å². The van der Waals surface area contributed by atoms with Crippen molar-refractivity contribution in [2.75, 3.05) is 12.4 Å². The van der Waals surface area contributed by atoms with Crippen molar-refractivity contribution < 1.29 is 14.5 Å². The molecule has 0 bridgehead atoms. The summed E-state index contributed by atoms with van der Waals surface area (Å²) in [6.45, 7) is 8.59. The third-order valence-corrected chi connectivity index (χ3v) is 4.96. The number of ether oxygens (including phenoxy) is 1. The number of aryl methyl sites for hydroxylation is 1. The predicted molar refractivity (Wildman–Crippen MR) is 97.8 cm³/mol. The molecule has 6 nitrogen and oxygen atoms in total. The lowest BCUT2D eigenvalue weighted by Gasteiger charge is -2.39. The van der Waals surface area contributed by atoms with Gasteiger partial charge in [-0.15, -0.1) is 0 Å². The van der Waals surface area contributed by atoms with Gasteiger partial charge in [-0.3, -0.25) is 14.9 Å². The number of nitro benzene ring substituents is 1. The Balaban J connectivity index is 2.29. The zero-order chi connectivity index (χ0) is 18.8. The molecule has 0 radical (unpaired) electrons. The highest BCUT2D eigenvalue weighted by atomic mass is 16.6. The van der Waals surface area contributed by atoms with Gasteiger partial charge in [-0.2, -0.15) is 0 Å². The maximum absolute atomic E-state index is 11.5. The predicted octanol–water partition coefficient (Wildman–Crippen LogP) is 4.25. The maximum Gasteiger partial charge on any atom is 0.309 e. The molecule has 2 atom stereocenters. The molecule has 0 saturated heterocycles. The number of rotatable bonds is 5. The number of benzene rings is 1. The second-order valence-electron chi connectivity index (χ2n) is 8.06. The van der Waals surface area contributed by atoms with E-state index >= 15 is 0 Å². The van der Waals surface area contributed by atoms with E-state index in [0.29, 0.717) is 17.2 Å². The molecule has 1 aliphatic carbocycles. The van der Waals surface area contributed by atoms with Crippen LogP contribution in [0.5, 0.6) is 0 Å². The number of carbonyl (C=O) groups excluding carboxylic acids is 1. The number of hydrogen-bond acceptors (Lipinski definition) is 5. The molecule has 0 spiro atoms. The fourth-order valence-electron chi connectivity index (χ4n) is 4.10. The number of methoxy groups -OCH3 is 1. The van der Waals surface area contributed by atoms with Crippen LogP contribution >= 0.6 is 0 Å². The monoisotopic (exact) mass is 348 g/mol. The first kappa shape index (κ1) is 19.2. The van der Waals surface area contributed by atoms with Crippen molar-refractivity contribution in [3.8, 4) is 0 Å². The minimum Gasteiger partial charge on any atom is -0.469 e. The minimum absolute atomic E-state index is 0.0144. The molecular formula is C19H28N2O4. The summed E-state index contributed by atoms with van der Waals surface area (Å²) in [5.41, 5.74) is 2.25. The fourth-order valence-corrected chi connectivity index (χ4v) is 4.10. The molecule has 2 rings (SSSR count). The van der Waals surface area contributed by atoms with Gasteiger partial charge in [0.05, 0.1) is 18.5 Å². The SMILES string of the molecule is COC(=O)Cc1cc([N+](=O)[O-])c(NC2CC(C)CC(C)(C)C2)cc1C. The highest BCUT2D eigenvalue weighted by molar-refractivity contribution is 5.75. The molecule has 0 amide bonds. The van der Waals surface area contributed by atoms with E-state index in [9.17, 15) is 14.9 Å². The van der Waals surface area contributed by atoms with Gasteiger partial charge >= 0.3 is 5.97 Å². The first-order chi connectivity index (χ1) is 11.6. The molecule has 138 valence electrons. The van der Waals surface area contributed by atoms with Gasteiger partial charge in [-0.25, -0.2) is 0 Å². The summed E-state index contributed by atoms with van der Waals surface area (Å²) in [4.78, 5) is 22.7. The summed E-state index contributed by atoms with van der Waals surface area (Å²) in [7, 11) is 1.31. The number of nitro groups is 1. The Morgan fingerprint density at radius 2 is 2.08 bits per heavy atom. The summed E-state index contributed by atoms with van der Waals surface area (Å²) in [6, 6.07) is 3.48. The highest BCUT2D eigenvalue weighted by Gasteiger charge is 2.33. The first-order valence-corrected chi connectivity index (χ1v) is 8.72. The van der Waals surface area contributed by atoms with Gasteiger partial charge in [0.1, 0.15) is 5.69 Å². The van der Waals surface area contributed by atoms with E-state index in [-0.39, 0.29) is 28.5 Å². The summed E-state index contributed by atoms with van der Waals surface area (Å²) in [6.07, 6.45) is 3.20. The number of hydrogen-bond donors (Lipinski definition) is 1. The van der Waals surface area contributed by atoms with Crippen LogP contribution in [0.15, 0.2) is 12.1 Å². The summed E-state index contributed by atoms with van der Waals surface area (Å²) in [5, 5.41) is 14.9. The highest BCUT2D eigenvalue weighted by Crippen LogP contribution is 2.40. The van der Waals surface area contributed by atoms with E-state index in [4.69, 9.17) is 0 Å². The Kier molecular flexibility index (Phi) is 5.70. The van der Waals surface area contributed by atoms with Crippen LogP contribution in [0.1, 0.15) is 51.2 Å². The van der Waals surface area contributed by atoms with E-state index in [1.54, 1.807) is 6.07 Å². The Morgan fingerprint density at radius 1 is 1.40 bits per heavy atom. The number of nitrogens with zero attached hydrogens (tertiary/aromatic N) is 1. The van der Waals surface area contributed by atoms with Gasteiger partial charge in [-0.05, 0) is 54.7 Å². The smallest absolute Gasteiger partial charge is 0.309 e. The summed E-state index contributed by atoms with van der Waals surface area (Å²) < 4.78 is 4.67. The van der Waals surface area contributed by atoms with Crippen molar-refractivity contribution in [1.29, 1.82) is 0 Å². The molecule has 1 saturated carbocycles. The van der Waals surface area contributed by atoms with Gasteiger partial charge in [0.2, 0.25) is 0 Å². The Labute approximate surface area is 149 Å². The first-order valence-electron chi connectivity index (χ1n) is 8.72. The molecule has 6 heteroatoms. The quantitative estimate of drug-likeness (QED) is 0.489. The standard InChI is InChI=1S/C19H28N2O4/c1-12-6-15(11-19(3,4)10-12)20-16-7-13(2)14(9-18(22)25-5)8-17(16)21(23)24/h7-8,12,15,20H,6,9-11H2,1-5H3.